The highest BCUT2D eigenvalue weighted by Crippen LogP contribution is 2.07. The minimum Gasteiger partial charge on any atom is -0.444 e. The van der Waals surface area contributed by atoms with Gasteiger partial charge in [-0.1, -0.05) is 0 Å². The lowest BCUT2D eigenvalue weighted by Gasteiger charge is -2.23. The highest BCUT2D eigenvalue weighted by molar-refractivity contribution is 5.85. The van der Waals surface area contributed by atoms with Gasteiger partial charge in [-0.2, -0.15) is 0 Å². The van der Waals surface area contributed by atoms with Gasteiger partial charge in [0.05, 0.1) is 0 Å². The molecule has 0 aromatic heterocycles. The minimum absolute atomic E-state index is 0.190. The van der Waals surface area contributed by atoms with Crippen molar-refractivity contribution in [3.05, 3.63) is 0 Å². The van der Waals surface area contributed by atoms with Gasteiger partial charge >= 0.3 is 12.2 Å². The zero-order valence-corrected chi connectivity index (χ0v) is 16.0. The monoisotopic (exact) mass is 360 g/mol. The van der Waals surface area contributed by atoms with Gasteiger partial charge < -0.3 is 31.2 Å². The van der Waals surface area contributed by atoms with Crippen molar-refractivity contribution in [3.63, 3.8) is 0 Å². The standard InChI is InChI=1S/C16H32N4O5/c1-15(2,3)24-13(22)19-10-9-18-12(21)11(7-8-17)20-14(23)25-16(4,5)6/h11H,7-10,17H2,1-6H3,(H,18,21)(H,19,22)(H,20,23)/t11-/m0/s1. The molecular formula is C16H32N4O5. The van der Waals surface area contributed by atoms with Crippen LogP contribution in [0.3, 0.4) is 0 Å². The maximum absolute atomic E-state index is 12.1. The molecule has 0 saturated carbocycles. The second-order valence-electron chi connectivity index (χ2n) is 7.50. The molecule has 0 bridgehead atoms. The molecule has 0 fully saturated rings. The quantitative estimate of drug-likeness (QED) is 0.498. The first-order valence-electron chi connectivity index (χ1n) is 8.28. The largest absolute Gasteiger partial charge is 0.444 e. The van der Waals surface area contributed by atoms with Crippen LogP contribution in [0.1, 0.15) is 48.0 Å². The number of carbonyl (C=O) groups excluding carboxylic acids is 3. The SMILES string of the molecule is CC(C)(C)OC(=O)NCCNC(=O)[C@H](CCN)NC(=O)OC(C)(C)C. The number of amides is 3. The van der Waals surface area contributed by atoms with Gasteiger partial charge in [0.15, 0.2) is 0 Å². The topological polar surface area (TPSA) is 132 Å². The molecule has 0 aliphatic rings. The normalized spacial score (nSPS) is 12.8. The van der Waals surface area contributed by atoms with E-state index in [1.54, 1.807) is 41.5 Å². The lowest BCUT2D eigenvalue weighted by Crippen LogP contribution is -2.50. The predicted octanol–water partition coefficient (Wildman–Crippen LogP) is 0.869. The third-order valence-electron chi connectivity index (χ3n) is 2.56. The molecule has 0 heterocycles. The molecule has 0 aliphatic heterocycles. The Kier molecular flexibility index (Phi) is 9.25. The molecule has 5 N–H and O–H groups in total. The molecule has 9 heteroatoms. The first kappa shape index (κ1) is 23.0. The molecule has 0 unspecified atom stereocenters. The maximum Gasteiger partial charge on any atom is 0.408 e. The van der Waals surface area contributed by atoms with E-state index in [1.165, 1.54) is 0 Å². The molecule has 0 aromatic carbocycles. The molecule has 0 aliphatic carbocycles. The molecule has 0 spiro atoms. The maximum atomic E-state index is 12.1. The van der Waals surface area contributed by atoms with E-state index in [0.717, 1.165) is 0 Å². The van der Waals surface area contributed by atoms with E-state index in [9.17, 15) is 14.4 Å². The van der Waals surface area contributed by atoms with E-state index in [2.05, 4.69) is 16.0 Å². The van der Waals surface area contributed by atoms with Crippen molar-refractivity contribution < 1.29 is 23.9 Å². The van der Waals surface area contributed by atoms with Crippen molar-refractivity contribution in [2.24, 2.45) is 5.73 Å². The van der Waals surface area contributed by atoms with E-state index in [1.807, 2.05) is 0 Å². The van der Waals surface area contributed by atoms with Gasteiger partial charge in [0.2, 0.25) is 5.91 Å². The zero-order valence-electron chi connectivity index (χ0n) is 16.0. The molecular weight excluding hydrogens is 328 g/mol. The Bertz CT molecular complexity index is 454. The number of nitrogens with one attached hydrogen (secondary N) is 3. The fraction of sp³-hybridized carbons (Fsp3) is 0.812. The minimum atomic E-state index is -0.804. The lowest BCUT2D eigenvalue weighted by atomic mass is 10.2. The molecule has 0 aromatic rings. The fourth-order valence-electron chi connectivity index (χ4n) is 1.67. The number of ether oxygens (including phenoxy) is 2. The van der Waals surface area contributed by atoms with E-state index in [4.69, 9.17) is 15.2 Å². The number of carbonyl (C=O) groups is 3. The van der Waals surface area contributed by atoms with Crippen molar-refractivity contribution in [1.82, 2.24) is 16.0 Å². The summed E-state index contributed by atoms with van der Waals surface area (Å²) in [7, 11) is 0. The van der Waals surface area contributed by atoms with Crippen molar-refractivity contribution in [2.75, 3.05) is 19.6 Å². The molecule has 25 heavy (non-hydrogen) atoms. The highest BCUT2D eigenvalue weighted by atomic mass is 16.6. The van der Waals surface area contributed by atoms with E-state index >= 15 is 0 Å². The van der Waals surface area contributed by atoms with Crippen LogP contribution in [0.2, 0.25) is 0 Å². The van der Waals surface area contributed by atoms with E-state index in [0.29, 0.717) is 0 Å². The van der Waals surface area contributed by atoms with Crippen molar-refractivity contribution in [2.45, 2.75) is 65.2 Å². The van der Waals surface area contributed by atoms with Gasteiger partial charge in [-0.25, -0.2) is 9.59 Å². The summed E-state index contributed by atoms with van der Waals surface area (Å²) < 4.78 is 10.2. The number of hydrogen-bond acceptors (Lipinski definition) is 6. The number of hydrogen-bond donors (Lipinski definition) is 4. The molecule has 0 rings (SSSR count). The van der Waals surface area contributed by atoms with Gasteiger partial charge in [0.25, 0.3) is 0 Å². The van der Waals surface area contributed by atoms with Crippen molar-refractivity contribution in [1.29, 1.82) is 0 Å². The Morgan fingerprint density at radius 3 is 1.84 bits per heavy atom. The van der Waals surface area contributed by atoms with Crippen LogP contribution in [0.4, 0.5) is 9.59 Å². The smallest absolute Gasteiger partial charge is 0.408 e. The molecule has 9 nitrogen and oxygen atoms in total. The highest BCUT2D eigenvalue weighted by Gasteiger charge is 2.23. The summed E-state index contributed by atoms with van der Waals surface area (Å²) in [5.41, 5.74) is 4.23. The summed E-state index contributed by atoms with van der Waals surface area (Å²) in [6, 6.07) is -0.804. The first-order valence-corrected chi connectivity index (χ1v) is 8.28. The fourth-order valence-corrected chi connectivity index (χ4v) is 1.67. The van der Waals surface area contributed by atoms with Crippen LogP contribution in [0.15, 0.2) is 0 Å². The van der Waals surface area contributed by atoms with Gasteiger partial charge in [-0.15, -0.1) is 0 Å². The third-order valence-corrected chi connectivity index (χ3v) is 2.56. The van der Waals surface area contributed by atoms with Gasteiger partial charge in [-0.3, -0.25) is 4.79 Å². The summed E-state index contributed by atoms with van der Waals surface area (Å²) in [5.74, 6) is -0.401. The van der Waals surface area contributed by atoms with Gasteiger partial charge in [-0.05, 0) is 54.5 Å². The van der Waals surface area contributed by atoms with Crippen LogP contribution in [0.5, 0.6) is 0 Å². The van der Waals surface area contributed by atoms with Gasteiger partial charge in [0.1, 0.15) is 17.2 Å². The first-order chi connectivity index (χ1) is 11.3. The molecule has 0 saturated heterocycles. The Morgan fingerprint density at radius 2 is 1.36 bits per heavy atom. The number of rotatable bonds is 7. The third kappa shape index (κ3) is 13.0. The number of alkyl carbamates (subject to hydrolysis) is 2. The van der Waals surface area contributed by atoms with Crippen molar-refractivity contribution in [3.8, 4) is 0 Å². The summed E-state index contributed by atoms with van der Waals surface area (Å²) >= 11 is 0. The summed E-state index contributed by atoms with van der Waals surface area (Å²) in [5, 5.41) is 7.63. The Balaban J connectivity index is 4.29. The Labute approximate surface area is 149 Å². The van der Waals surface area contributed by atoms with Crippen molar-refractivity contribution >= 4 is 18.1 Å². The Hall–Kier alpha value is -2.03. The van der Waals surface area contributed by atoms with Crippen LogP contribution in [0, 0.1) is 0 Å². The molecule has 3 amide bonds. The van der Waals surface area contributed by atoms with Gasteiger partial charge in [0, 0.05) is 13.1 Å². The average molecular weight is 360 g/mol. The van der Waals surface area contributed by atoms with Crippen LogP contribution in [-0.2, 0) is 14.3 Å². The zero-order chi connectivity index (χ0) is 19.7. The summed E-state index contributed by atoms with van der Waals surface area (Å²) in [6.07, 6.45) is -0.981. The molecule has 146 valence electrons. The lowest BCUT2D eigenvalue weighted by molar-refractivity contribution is -0.123. The predicted molar refractivity (Wildman–Crippen MR) is 94.1 cm³/mol. The average Bonchev–Trinajstić information content (AvgIpc) is 2.38. The van der Waals surface area contributed by atoms with E-state index in [-0.39, 0.29) is 26.1 Å². The van der Waals surface area contributed by atoms with E-state index < -0.39 is 35.3 Å². The second kappa shape index (κ2) is 10.1. The Morgan fingerprint density at radius 1 is 0.880 bits per heavy atom. The number of nitrogens with two attached hydrogens (primary N) is 1. The van der Waals surface area contributed by atoms with Crippen LogP contribution in [-0.4, -0.2) is 55.0 Å². The molecule has 0 radical (unpaired) electrons. The van der Waals surface area contributed by atoms with Crippen LogP contribution >= 0.6 is 0 Å². The van der Waals surface area contributed by atoms with Crippen LogP contribution < -0.4 is 21.7 Å². The van der Waals surface area contributed by atoms with Crippen LogP contribution in [0.25, 0.3) is 0 Å². The molecule has 1 atom stereocenters. The second-order valence-corrected chi connectivity index (χ2v) is 7.50. The summed E-state index contributed by atoms with van der Waals surface area (Å²) in [4.78, 5) is 35.4. The summed E-state index contributed by atoms with van der Waals surface area (Å²) in [6.45, 7) is 11.1.